The van der Waals surface area contributed by atoms with E-state index in [-0.39, 0.29) is 23.0 Å². The fraction of sp³-hybridized carbons (Fsp3) is 0.226. The fourth-order valence-electron chi connectivity index (χ4n) is 5.36. The number of para-hydroxylation sites is 1. The van der Waals surface area contributed by atoms with Crippen molar-refractivity contribution in [1.29, 1.82) is 0 Å². The van der Waals surface area contributed by atoms with Crippen molar-refractivity contribution in [2.75, 3.05) is 0 Å². The summed E-state index contributed by atoms with van der Waals surface area (Å²) < 4.78 is 0. The second-order valence-corrected chi connectivity index (χ2v) is 9.86. The Labute approximate surface area is 206 Å². The summed E-state index contributed by atoms with van der Waals surface area (Å²) in [6.07, 6.45) is 5.10. The van der Waals surface area contributed by atoms with Crippen molar-refractivity contribution in [2.45, 2.75) is 32.6 Å². The summed E-state index contributed by atoms with van der Waals surface area (Å²) in [4.78, 5) is 24.9. The molecule has 2 heterocycles. The Bertz CT molecular complexity index is 1310. The lowest BCUT2D eigenvalue weighted by molar-refractivity contribution is 0.0831. The van der Waals surface area contributed by atoms with Crippen molar-refractivity contribution in [3.8, 4) is 0 Å². The molecular weight excluding hydrogens is 430 g/mol. The lowest BCUT2D eigenvalue weighted by Crippen LogP contribution is -2.37. The van der Waals surface area contributed by atoms with E-state index in [1.807, 2.05) is 12.1 Å². The number of carbonyl (C=O) groups is 1. The molecule has 0 bridgehead atoms. The Morgan fingerprint density at radius 3 is 2.06 bits per heavy atom. The molecule has 35 heavy (non-hydrogen) atoms. The summed E-state index contributed by atoms with van der Waals surface area (Å²) >= 11 is 0. The van der Waals surface area contributed by atoms with Crippen LogP contribution < -0.4 is 0 Å². The zero-order chi connectivity index (χ0) is 24.3. The number of ketones is 1. The van der Waals surface area contributed by atoms with Gasteiger partial charge in [0.1, 0.15) is 0 Å². The molecule has 2 unspecified atom stereocenters. The predicted octanol–water partition coefficient (Wildman–Crippen LogP) is 6.99. The SMILES string of the molecule is CC(C(C(=O)c1ncc[nH]1)c1cc2ccccc2[nH]1)C(C)(Cc1ccccc1)Cc1ccccc1. The number of H-pyrrole nitrogens is 2. The van der Waals surface area contributed by atoms with Crippen molar-refractivity contribution in [3.63, 3.8) is 0 Å². The van der Waals surface area contributed by atoms with Crippen molar-refractivity contribution >= 4 is 16.7 Å². The van der Waals surface area contributed by atoms with Crippen LogP contribution in [0.5, 0.6) is 0 Å². The van der Waals surface area contributed by atoms with Gasteiger partial charge in [-0.05, 0) is 52.8 Å². The maximum atomic E-state index is 14.0. The van der Waals surface area contributed by atoms with Crippen molar-refractivity contribution in [1.82, 2.24) is 15.0 Å². The zero-order valence-corrected chi connectivity index (χ0v) is 20.2. The number of nitrogens with one attached hydrogen (secondary N) is 2. The maximum Gasteiger partial charge on any atom is 0.207 e. The Kier molecular flexibility index (Phi) is 6.37. The fourth-order valence-corrected chi connectivity index (χ4v) is 5.36. The first-order valence-corrected chi connectivity index (χ1v) is 12.2. The summed E-state index contributed by atoms with van der Waals surface area (Å²) in [6, 6.07) is 31.5. The summed E-state index contributed by atoms with van der Waals surface area (Å²) in [6.45, 7) is 4.55. The number of hydrogen-bond acceptors (Lipinski definition) is 2. The molecule has 4 nitrogen and oxygen atoms in total. The number of benzene rings is 3. The number of aromatic amines is 2. The highest BCUT2D eigenvalue weighted by atomic mass is 16.1. The molecule has 5 rings (SSSR count). The van der Waals surface area contributed by atoms with Gasteiger partial charge >= 0.3 is 0 Å². The van der Waals surface area contributed by atoms with Gasteiger partial charge in [-0.1, -0.05) is 92.7 Å². The van der Waals surface area contributed by atoms with E-state index in [4.69, 9.17) is 0 Å². The minimum atomic E-state index is -0.369. The monoisotopic (exact) mass is 461 g/mol. The Hall–Kier alpha value is -3.92. The predicted molar refractivity (Wildman–Crippen MR) is 142 cm³/mol. The first kappa shape index (κ1) is 22.9. The van der Waals surface area contributed by atoms with E-state index in [1.54, 1.807) is 12.4 Å². The van der Waals surface area contributed by atoms with E-state index >= 15 is 0 Å². The molecule has 5 aromatic rings. The number of aromatic nitrogens is 3. The number of carbonyl (C=O) groups excluding carboxylic acids is 1. The van der Waals surface area contributed by atoms with E-state index < -0.39 is 0 Å². The number of imidazole rings is 1. The summed E-state index contributed by atoms with van der Waals surface area (Å²) in [7, 11) is 0. The van der Waals surface area contributed by atoms with E-state index in [2.05, 4.69) is 108 Å². The second kappa shape index (κ2) is 9.75. The van der Waals surface area contributed by atoms with Crippen LogP contribution >= 0.6 is 0 Å². The maximum absolute atomic E-state index is 14.0. The highest BCUT2D eigenvalue weighted by Gasteiger charge is 2.42. The highest BCUT2D eigenvalue weighted by Crippen LogP contribution is 2.44. The summed E-state index contributed by atoms with van der Waals surface area (Å²) in [5, 5.41) is 1.11. The Morgan fingerprint density at radius 2 is 1.49 bits per heavy atom. The van der Waals surface area contributed by atoms with Crippen LogP contribution in [-0.4, -0.2) is 20.7 Å². The van der Waals surface area contributed by atoms with E-state index in [0.29, 0.717) is 5.82 Å². The number of hydrogen-bond donors (Lipinski definition) is 2. The number of fused-ring (bicyclic) bond motifs is 1. The van der Waals surface area contributed by atoms with Crippen molar-refractivity contribution in [2.24, 2.45) is 11.3 Å². The Balaban J connectivity index is 1.60. The molecule has 2 aromatic heterocycles. The molecule has 0 fully saturated rings. The highest BCUT2D eigenvalue weighted by molar-refractivity contribution is 5.98. The van der Waals surface area contributed by atoms with Crippen molar-refractivity contribution < 1.29 is 4.79 Å². The second-order valence-electron chi connectivity index (χ2n) is 9.86. The third-order valence-electron chi connectivity index (χ3n) is 7.40. The smallest absolute Gasteiger partial charge is 0.207 e. The Morgan fingerprint density at radius 1 is 0.886 bits per heavy atom. The molecule has 0 radical (unpaired) electrons. The molecule has 0 aliphatic rings. The van der Waals surface area contributed by atoms with Crippen LogP contribution in [0.3, 0.4) is 0 Å². The van der Waals surface area contributed by atoms with Gasteiger partial charge in [0.15, 0.2) is 5.82 Å². The number of rotatable bonds is 9. The molecule has 2 N–H and O–H groups in total. The van der Waals surface area contributed by atoms with Crippen LogP contribution in [0.2, 0.25) is 0 Å². The van der Waals surface area contributed by atoms with Crippen LogP contribution in [0.15, 0.2) is 103 Å². The third-order valence-corrected chi connectivity index (χ3v) is 7.40. The van der Waals surface area contributed by atoms with Gasteiger partial charge in [0.05, 0.1) is 5.92 Å². The van der Waals surface area contributed by atoms with E-state index in [0.717, 1.165) is 29.4 Å². The van der Waals surface area contributed by atoms with Gasteiger partial charge in [-0.15, -0.1) is 0 Å². The normalized spacial score (nSPS) is 13.5. The molecule has 0 spiro atoms. The van der Waals surface area contributed by atoms with Crippen LogP contribution in [-0.2, 0) is 12.8 Å². The average Bonchev–Trinajstić information content (AvgIpc) is 3.55. The lowest BCUT2D eigenvalue weighted by atomic mass is 9.63. The van der Waals surface area contributed by atoms with E-state index in [9.17, 15) is 4.79 Å². The third kappa shape index (κ3) is 4.83. The minimum absolute atomic E-state index is 0.0152. The molecule has 176 valence electrons. The van der Waals surface area contributed by atoms with Crippen LogP contribution in [0, 0.1) is 11.3 Å². The number of nitrogens with zero attached hydrogens (tertiary/aromatic N) is 1. The molecule has 0 saturated carbocycles. The molecule has 2 atom stereocenters. The molecule has 0 amide bonds. The largest absolute Gasteiger partial charge is 0.358 e. The molecule has 3 aromatic carbocycles. The van der Waals surface area contributed by atoms with Gasteiger partial charge in [0.2, 0.25) is 5.78 Å². The van der Waals surface area contributed by atoms with E-state index in [1.165, 1.54) is 11.1 Å². The lowest BCUT2D eigenvalue weighted by Gasteiger charge is -2.40. The minimum Gasteiger partial charge on any atom is -0.358 e. The van der Waals surface area contributed by atoms with Crippen LogP contribution in [0.25, 0.3) is 10.9 Å². The van der Waals surface area contributed by atoms with Gasteiger partial charge < -0.3 is 9.97 Å². The standard InChI is InChI=1S/C31H31N3O/c1-22(31(2,20-23-11-5-3-6-12-23)21-24-13-7-4-8-14-24)28(29(35)30-32-17-18-33-30)27-19-25-15-9-10-16-26(25)34-27/h3-19,22,28,34H,20-21H2,1-2H3,(H,32,33). The summed E-state index contributed by atoms with van der Waals surface area (Å²) in [5.41, 5.74) is 4.34. The molecule has 4 heteroatoms. The van der Waals surface area contributed by atoms with Gasteiger partial charge in [-0.2, -0.15) is 0 Å². The van der Waals surface area contributed by atoms with Crippen LogP contribution in [0.1, 0.15) is 47.2 Å². The van der Waals surface area contributed by atoms with Gasteiger partial charge in [-0.25, -0.2) is 4.98 Å². The van der Waals surface area contributed by atoms with Gasteiger partial charge in [-0.3, -0.25) is 4.79 Å². The topological polar surface area (TPSA) is 61.5 Å². The zero-order valence-electron chi connectivity index (χ0n) is 20.2. The first-order valence-electron chi connectivity index (χ1n) is 12.2. The molecular formula is C31H31N3O. The quantitative estimate of drug-likeness (QED) is 0.233. The van der Waals surface area contributed by atoms with Gasteiger partial charge in [0, 0.05) is 23.6 Å². The van der Waals surface area contributed by atoms with Crippen molar-refractivity contribution in [3.05, 3.63) is 126 Å². The molecule has 0 aliphatic carbocycles. The first-order chi connectivity index (χ1) is 17.0. The van der Waals surface area contributed by atoms with Crippen LogP contribution in [0.4, 0.5) is 0 Å². The van der Waals surface area contributed by atoms with Gasteiger partial charge in [0.25, 0.3) is 0 Å². The average molecular weight is 462 g/mol. The number of Topliss-reactive ketones (excluding diaryl/α,β-unsaturated/α-hetero) is 1. The summed E-state index contributed by atoms with van der Waals surface area (Å²) in [5.74, 6) is 0.0724. The molecule has 0 aliphatic heterocycles. The molecule has 0 saturated heterocycles.